The second-order valence-electron chi connectivity index (χ2n) is 5.02. The van der Waals surface area contributed by atoms with Gasteiger partial charge in [0, 0.05) is 28.9 Å². The monoisotopic (exact) mass is 366 g/mol. The summed E-state index contributed by atoms with van der Waals surface area (Å²) in [6, 6.07) is 8.83. The van der Waals surface area contributed by atoms with Crippen LogP contribution in [0.3, 0.4) is 0 Å². The third-order valence-corrected chi connectivity index (χ3v) is 4.09. The normalized spacial score (nSPS) is 10.2. The van der Waals surface area contributed by atoms with Crippen molar-refractivity contribution in [1.82, 2.24) is 10.6 Å². The molecule has 0 radical (unpaired) electrons. The number of amides is 2. The molecule has 0 saturated heterocycles. The lowest BCUT2D eigenvalue weighted by Crippen LogP contribution is -2.29. The van der Waals surface area contributed by atoms with E-state index in [-0.39, 0.29) is 11.8 Å². The number of thiophene rings is 1. The van der Waals surface area contributed by atoms with E-state index >= 15 is 0 Å². The van der Waals surface area contributed by atoms with Crippen molar-refractivity contribution < 1.29 is 14.3 Å². The van der Waals surface area contributed by atoms with Crippen LogP contribution >= 0.6 is 22.9 Å². The van der Waals surface area contributed by atoms with Crippen LogP contribution in [0.4, 0.5) is 0 Å². The number of hydrogen-bond acceptors (Lipinski definition) is 4. The summed E-state index contributed by atoms with van der Waals surface area (Å²) in [5.74, 6) is 0.553. The largest absolute Gasteiger partial charge is 0.492 e. The molecule has 1 heterocycles. The van der Waals surface area contributed by atoms with E-state index in [1.54, 1.807) is 35.7 Å². The number of rotatable bonds is 9. The zero-order chi connectivity index (χ0) is 17.2. The van der Waals surface area contributed by atoms with Gasteiger partial charge < -0.3 is 15.4 Å². The van der Waals surface area contributed by atoms with Gasteiger partial charge in [-0.05, 0) is 42.1 Å². The van der Waals surface area contributed by atoms with E-state index in [0.717, 1.165) is 0 Å². The maximum atomic E-state index is 11.7. The topological polar surface area (TPSA) is 67.4 Å². The highest BCUT2D eigenvalue weighted by atomic mass is 35.5. The molecule has 128 valence electrons. The molecule has 5 nitrogen and oxygen atoms in total. The van der Waals surface area contributed by atoms with E-state index in [4.69, 9.17) is 16.3 Å². The quantitative estimate of drug-likeness (QED) is 0.670. The molecule has 24 heavy (non-hydrogen) atoms. The molecule has 1 aromatic heterocycles. The van der Waals surface area contributed by atoms with Gasteiger partial charge in [0.15, 0.2) is 0 Å². The van der Waals surface area contributed by atoms with Crippen molar-refractivity contribution in [2.24, 2.45) is 0 Å². The molecule has 0 bridgehead atoms. The van der Waals surface area contributed by atoms with Crippen LogP contribution in [0.25, 0.3) is 0 Å². The molecule has 2 N–H and O–H groups in total. The minimum atomic E-state index is -0.104. The molecule has 0 fully saturated rings. The van der Waals surface area contributed by atoms with Gasteiger partial charge >= 0.3 is 0 Å². The SMILES string of the molecule is O=C(CCCNC(=O)c1ccsc1)NCCOc1ccc(Cl)cc1. The van der Waals surface area contributed by atoms with Crippen LogP contribution in [-0.4, -0.2) is 31.5 Å². The van der Waals surface area contributed by atoms with Crippen molar-refractivity contribution in [3.05, 3.63) is 51.7 Å². The third-order valence-electron chi connectivity index (χ3n) is 3.16. The average molecular weight is 367 g/mol. The maximum absolute atomic E-state index is 11.7. The lowest BCUT2D eigenvalue weighted by molar-refractivity contribution is -0.121. The number of carbonyl (C=O) groups excluding carboxylic acids is 2. The van der Waals surface area contributed by atoms with Crippen molar-refractivity contribution in [1.29, 1.82) is 0 Å². The molecule has 2 amide bonds. The summed E-state index contributed by atoms with van der Waals surface area (Å²) in [7, 11) is 0. The van der Waals surface area contributed by atoms with Gasteiger partial charge in [0.2, 0.25) is 5.91 Å². The molecule has 7 heteroatoms. The van der Waals surface area contributed by atoms with Gasteiger partial charge in [-0.15, -0.1) is 0 Å². The van der Waals surface area contributed by atoms with Crippen molar-refractivity contribution in [2.45, 2.75) is 12.8 Å². The predicted octanol–water partition coefficient (Wildman–Crippen LogP) is 3.11. The molecule has 0 aliphatic carbocycles. The molecule has 2 aromatic rings. The van der Waals surface area contributed by atoms with E-state index in [0.29, 0.717) is 48.9 Å². The van der Waals surface area contributed by atoms with Crippen LogP contribution in [0.2, 0.25) is 5.02 Å². The van der Waals surface area contributed by atoms with Crippen LogP contribution in [0.5, 0.6) is 5.75 Å². The Bertz CT molecular complexity index is 644. The Hall–Kier alpha value is -2.05. The Kier molecular flexibility index (Phi) is 7.58. The molecule has 1 aromatic carbocycles. The van der Waals surface area contributed by atoms with Gasteiger partial charge in [-0.3, -0.25) is 9.59 Å². The summed E-state index contributed by atoms with van der Waals surface area (Å²) >= 11 is 7.26. The molecule has 0 spiro atoms. The van der Waals surface area contributed by atoms with Crippen molar-refractivity contribution in [2.75, 3.05) is 19.7 Å². The first-order chi connectivity index (χ1) is 11.6. The second kappa shape index (κ2) is 9.95. The van der Waals surface area contributed by atoms with Crippen LogP contribution in [0.15, 0.2) is 41.1 Å². The number of carbonyl (C=O) groups is 2. The molecule has 2 rings (SSSR count). The van der Waals surface area contributed by atoms with Gasteiger partial charge in [-0.2, -0.15) is 11.3 Å². The number of halogens is 1. The Labute approximate surface area is 150 Å². The second-order valence-corrected chi connectivity index (χ2v) is 6.24. The van der Waals surface area contributed by atoms with Crippen molar-refractivity contribution >= 4 is 34.8 Å². The molecular formula is C17H19ClN2O3S. The summed E-state index contributed by atoms with van der Waals surface area (Å²) in [6.45, 7) is 1.30. The van der Waals surface area contributed by atoms with Gasteiger partial charge in [-0.1, -0.05) is 11.6 Å². The number of hydrogen-bond donors (Lipinski definition) is 2. The van der Waals surface area contributed by atoms with Crippen LogP contribution < -0.4 is 15.4 Å². The first-order valence-corrected chi connectivity index (χ1v) is 8.92. The van der Waals surface area contributed by atoms with E-state index in [9.17, 15) is 9.59 Å². The Morgan fingerprint density at radius 3 is 2.58 bits per heavy atom. The summed E-state index contributed by atoms with van der Waals surface area (Å²) < 4.78 is 5.48. The van der Waals surface area contributed by atoms with Crippen molar-refractivity contribution in [3.8, 4) is 5.75 Å². The molecule has 0 aliphatic rings. The standard InChI is InChI=1S/C17H19ClN2O3S/c18-14-3-5-15(6-4-14)23-10-9-19-16(21)2-1-8-20-17(22)13-7-11-24-12-13/h3-7,11-12H,1-2,8-10H2,(H,19,21)(H,20,22). The summed E-state index contributed by atoms with van der Waals surface area (Å²) in [4.78, 5) is 23.4. The van der Waals surface area contributed by atoms with Crippen LogP contribution in [0.1, 0.15) is 23.2 Å². The average Bonchev–Trinajstić information content (AvgIpc) is 3.12. The summed E-state index contributed by atoms with van der Waals surface area (Å²) in [5, 5.41) is 9.87. The minimum absolute atomic E-state index is 0.0560. The smallest absolute Gasteiger partial charge is 0.252 e. The highest BCUT2D eigenvalue weighted by Crippen LogP contribution is 2.15. The lowest BCUT2D eigenvalue weighted by Gasteiger charge is -2.08. The molecule has 0 aliphatic heterocycles. The fourth-order valence-electron chi connectivity index (χ4n) is 1.93. The fraction of sp³-hybridized carbons (Fsp3) is 0.294. The third kappa shape index (κ3) is 6.60. The highest BCUT2D eigenvalue weighted by molar-refractivity contribution is 7.08. The Balaban J connectivity index is 1.50. The molecular weight excluding hydrogens is 348 g/mol. The first kappa shape index (κ1) is 18.3. The van der Waals surface area contributed by atoms with E-state index in [1.807, 2.05) is 5.38 Å². The van der Waals surface area contributed by atoms with Crippen molar-refractivity contribution in [3.63, 3.8) is 0 Å². The van der Waals surface area contributed by atoms with E-state index in [1.165, 1.54) is 11.3 Å². The van der Waals surface area contributed by atoms with Gasteiger partial charge in [0.05, 0.1) is 6.54 Å². The van der Waals surface area contributed by atoms with Crippen LogP contribution in [0, 0.1) is 0 Å². The number of ether oxygens (including phenoxy) is 1. The predicted molar refractivity (Wildman–Crippen MR) is 95.8 cm³/mol. The van der Waals surface area contributed by atoms with E-state index < -0.39 is 0 Å². The minimum Gasteiger partial charge on any atom is -0.492 e. The number of nitrogens with one attached hydrogen (secondary N) is 2. The maximum Gasteiger partial charge on any atom is 0.252 e. The highest BCUT2D eigenvalue weighted by Gasteiger charge is 2.05. The first-order valence-electron chi connectivity index (χ1n) is 7.60. The number of benzene rings is 1. The van der Waals surface area contributed by atoms with Crippen LogP contribution in [-0.2, 0) is 4.79 Å². The van der Waals surface area contributed by atoms with E-state index in [2.05, 4.69) is 10.6 Å². The Morgan fingerprint density at radius 1 is 1.08 bits per heavy atom. The molecule has 0 atom stereocenters. The lowest BCUT2D eigenvalue weighted by atomic mass is 10.2. The van der Waals surface area contributed by atoms with Gasteiger partial charge in [0.25, 0.3) is 5.91 Å². The van der Waals surface area contributed by atoms with Gasteiger partial charge in [0.1, 0.15) is 12.4 Å². The summed E-state index contributed by atoms with van der Waals surface area (Å²) in [6.07, 6.45) is 0.963. The van der Waals surface area contributed by atoms with Gasteiger partial charge in [-0.25, -0.2) is 0 Å². The summed E-state index contributed by atoms with van der Waals surface area (Å²) in [5.41, 5.74) is 0.656. The zero-order valence-corrected chi connectivity index (χ0v) is 14.7. The molecule has 0 unspecified atom stereocenters. The molecule has 0 saturated carbocycles. The fourth-order valence-corrected chi connectivity index (χ4v) is 2.69. The Morgan fingerprint density at radius 2 is 1.88 bits per heavy atom. The zero-order valence-electron chi connectivity index (χ0n) is 13.1.